The Kier molecular flexibility index (Phi) is 4.21. The van der Waals surface area contributed by atoms with E-state index in [4.69, 9.17) is 0 Å². The molecule has 2 aromatic rings. The zero-order chi connectivity index (χ0) is 17.4. The van der Waals surface area contributed by atoms with Crippen LogP contribution >= 0.6 is 15.9 Å². The Balaban J connectivity index is 1.48. The SMILES string of the molecule is O=C1Cc2c(cccc2C(=O)N2CCN(c3cccc(Br)c3)CC2)N1. The summed E-state index contributed by atoms with van der Waals surface area (Å²) in [5, 5.41) is 2.81. The number of nitrogens with zero attached hydrogens (tertiary/aromatic N) is 2. The first-order valence-corrected chi connectivity index (χ1v) is 9.12. The van der Waals surface area contributed by atoms with Crippen LogP contribution < -0.4 is 10.2 Å². The second-order valence-electron chi connectivity index (χ2n) is 6.32. The Morgan fingerprint density at radius 2 is 1.80 bits per heavy atom. The van der Waals surface area contributed by atoms with Gasteiger partial charge in [0, 0.05) is 47.6 Å². The summed E-state index contributed by atoms with van der Waals surface area (Å²) in [4.78, 5) is 28.7. The maximum Gasteiger partial charge on any atom is 0.254 e. The van der Waals surface area contributed by atoms with E-state index in [2.05, 4.69) is 38.3 Å². The van der Waals surface area contributed by atoms with Crippen LogP contribution in [0.4, 0.5) is 11.4 Å². The molecule has 1 N–H and O–H groups in total. The molecule has 2 aromatic carbocycles. The molecule has 2 heterocycles. The fourth-order valence-electron chi connectivity index (χ4n) is 3.46. The average molecular weight is 400 g/mol. The molecule has 4 rings (SSSR count). The highest BCUT2D eigenvalue weighted by Crippen LogP contribution is 2.28. The molecule has 2 amide bonds. The van der Waals surface area contributed by atoms with E-state index in [-0.39, 0.29) is 18.2 Å². The Morgan fingerprint density at radius 3 is 2.56 bits per heavy atom. The van der Waals surface area contributed by atoms with Gasteiger partial charge in [-0.1, -0.05) is 28.1 Å². The molecule has 1 fully saturated rings. The van der Waals surface area contributed by atoms with Crippen molar-refractivity contribution in [3.63, 3.8) is 0 Å². The highest BCUT2D eigenvalue weighted by Gasteiger charge is 2.28. The lowest BCUT2D eigenvalue weighted by Gasteiger charge is -2.36. The van der Waals surface area contributed by atoms with E-state index in [9.17, 15) is 9.59 Å². The number of fused-ring (bicyclic) bond motifs is 1. The predicted molar refractivity (Wildman–Crippen MR) is 101 cm³/mol. The van der Waals surface area contributed by atoms with E-state index in [0.717, 1.165) is 34.5 Å². The number of amides is 2. The molecule has 0 saturated carbocycles. The minimum atomic E-state index is -0.0466. The molecule has 2 aliphatic heterocycles. The quantitative estimate of drug-likeness (QED) is 0.844. The Hall–Kier alpha value is -2.34. The molecular weight excluding hydrogens is 382 g/mol. The van der Waals surface area contributed by atoms with Crippen LogP contribution in [0.1, 0.15) is 15.9 Å². The molecule has 128 valence electrons. The van der Waals surface area contributed by atoms with Gasteiger partial charge in [0.05, 0.1) is 6.42 Å². The summed E-state index contributed by atoms with van der Waals surface area (Å²) in [6, 6.07) is 13.7. The smallest absolute Gasteiger partial charge is 0.254 e. The number of hydrogen-bond acceptors (Lipinski definition) is 3. The fourth-order valence-corrected chi connectivity index (χ4v) is 3.85. The van der Waals surface area contributed by atoms with Crippen molar-refractivity contribution in [2.24, 2.45) is 0 Å². The Morgan fingerprint density at radius 1 is 1.04 bits per heavy atom. The van der Waals surface area contributed by atoms with E-state index in [1.54, 1.807) is 0 Å². The van der Waals surface area contributed by atoms with Crippen LogP contribution in [0.25, 0.3) is 0 Å². The molecule has 0 unspecified atom stereocenters. The number of carbonyl (C=O) groups excluding carboxylic acids is 2. The maximum absolute atomic E-state index is 12.9. The molecule has 25 heavy (non-hydrogen) atoms. The Bertz CT molecular complexity index is 844. The van der Waals surface area contributed by atoms with Crippen LogP contribution in [0.5, 0.6) is 0 Å². The van der Waals surface area contributed by atoms with Gasteiger partial charge in [-0.2, -0.15) is 0 Å². The monoisotopic (exact) mass is 399 g/mol. The van der Waals surface area contributed by atoms with Gasteiger partial charge >= 0.3 is 0 Å². The zero-order valence-corrected chi connectivity index (χ0v) is 15.3. The van der Waals surface area contributed by atoms with Crippen molar-refractivity contribution >= 4 is 39.1 Å². The first kappa shape index (κ1) is 16.1. The summed E-state index contributed by atoms with van der Waals surface area (Å²) in [5.41, 5.74) is 3.40. The fraction of sp³-hybridized carbons (Fsp3) is 0.263. The lowest BCUT2D eigenvalue weighted by Crippen LogP contribution is -2.49. The van der Waals surface area contributed by atoms with Crippen molar-refractivity contribution in [1.82, 2.24) is 4.90 Å². The molecule has 0 radical (unpaired) electrons. The van der Waals surface area contributed by atoms with Crippen molar-refractivity contribution in [3.8, 4) is 0 Å². The lowest BCUT2D eigenvalue weighted by molar-refractivity contribution is -0.115. The summed E-state index contributed by atoms with van der Waals surface area (Å²) >= 11 is 3.50. The van der Waals surface area contributed by atoms with E-state index >= 15 is 0 Å². The minimum absolute atomic E-state index is 0.0160. The van der Waals surface area contributed by atoms with Crippen LogP contribution in [0, 0.1) is 0 Å². The van der Waals surface area contributed by atoms with Gasteiger partial charge in [-0.05, 0) is 35.9 Å². The minimum Gasteiger partial charge on any atom is -0.368 e. The van der Waals surface area contributed by atoms with Crippen LogP contribution in [-0.2, 0) is 11.2 Å². The number of hydrogen-bond donors (Lipinski definition) is 1. The highest BCUT2D eigenvalue weighted by atomic mass is 79.9. The first-order valence-electron chi connectivity index (χ1n) is 8.33. The Labute approximate surface area is 154 Å². The van der Waals surface area contributed by atoms with Crippen molar-refractivity contribution in [2.45, 2.75) is 6.42 Å². The summed E-state index contributed by atoms with van der Waals surface area (Å²) in [6.07, 6.45) is 0.287. The summed E-state index contributed by atoms with van der Waals surface area (Å²) < 4.78 is 1.06. The van der Waals surface area contributed by atoms with Gasteiger partial charge in [0.15, 0.2) is 0 Å². The standard InChI is InChI=1S/C19H18BrN3O2/c20-13-3-1-4-14(11-13)22-7-9-23(10-8-22)19(25)15-5-2-6-17-16(15)12-18(24)21-17/h1-6,11H,7-10,12H2,(H,21,24). The highest BCUT2D eigenvalue weighted by molar-refractivity contribution is 9.10. The molecule has 0 spiro atoms. The molecule has 5 nitrogen and oxygen atoms in total. The van der Waals surface area contributed by atoms with Gasteiger partial charge in [0.2, 0.25) is 5.91 Å². The van der Waals surface area contributed by atoms with E-state index < -0.39 is 0 Å². The number of benzene rings is 2. The maximum atomic E-state index is 12.9. The summed E-state index contributed by atoms with van der Waals surface area (Å²) in [5.74, 6) is -0.0306. The van der Waals surface area contributed by atoms with Crippen LogP contribution in [0.3, 0.4) is 0 Å². The van der Waals surface area contributed by atoms with Crippen molar-refractivity contribution in [1.29, 1.82) is 0 Å². The van der Waals surface area contributed by atoms with Gasteiger partial charge in [0.1, 0.15) is 0 Å². The van der Waals surface area contributed by atoms with Gasteiger partial charge in [-0.25, -0.2) is 0 Å². The molecule has 2 aliphatic rings. The predicted octanol–water partition coefficient (Wildman–Crippen LogP) is 2.91. The van der Waals surface area contributed by atoms with Gasteiger partial charge in [-0.15, -0.1) is 0 Å². The van der Waals surface area contributed by atoms with Crippen molar-refractivity contribution in [3.05, 3.63) is 58.1 Å². The van der Waals surface area contributed by atoms with E-state index in [1.165, 1.54) is 0 Å². The second-order valence-corrected chi connectivity index (χ2v) is 7.23. The molecule has 0 atom stereocenters. The summed E-state index contributed by atoms with van der Waals surface area (Å²) in [7, 11) is 0. The molecule has 0 bridgehead atoms. The first-order chi connectivity index (χ1) is 12.1. The van der Waals surface area contributed by atoms with Gasteiger partial charge in [0.25, 0.3) is 5.91 Å². The van der Waals surface area contributed by atoms with Gasteiger partial charge in [-0.3, -0.25) is 9.59 Å². The van der Waals surface area contributed by atoms with Crippen LogP contribution in [0.15, 0.2) is 46.9 Å². The lowest BCUT2D eigenvalue weighted by atomic mass is 10.0. The number of anilines is 2. The molecule has 0 aromatic heterocycles. The number of rotatable bonds is 2. The topological polar surface area (TPSA) is 52.7 Å². The third-order valence-electron chi connectivity index (χ3n) is 4.76. The molecular formula is C19H18BrN3O2. The molecule has 6 heteroatoms. The van der Waals surface area contributed by atoms with Crippen LogP contribution in [-0.4, -0.2) is 42.9 Å². The number of carbonyl (C=O) groups is 2. The van der Waals surface area contributed by atoms with Crippen LogP contribution in [0.2, 0.25) is 0 Å². The van der Waals surface area contributed by atoms with E-state index in [1.807, 2.05) is 35.2 Å². The van der Waals surface area contributed by atoms with E-state index in [0.29, 0.717) is 18.7 Å². The zero-order valence-electron chi connectivity index (χ0n) is 13.7. The number of piperazine rings is 1. The van der Waals surface area contributed by atoms with Crippen molar-refractivity contribution < 1.29 is 9.59 Å². The average Bonchev–Trinajstić information content (AvgIpc) is 3.01. The number of nitrogens with one attached hydrogen (secondary N) is 1. The third kappa shape index (κ3) is 3.14. The number of halogens is 1. The summed E-state index contributed by atoms with van der Waals surface area (Å²) in [6.45, 7) is 2.95. The van der Waals surface area contributed by atoms with Gasteiger partial charge < -0.3 is 15.1 Å². The largest absolute Gasteiger partial charge is 0.368 e. The van der Waals surface area contributed by atoms with Crippen molar-refractivity contribution in [2.75, 3.05) is 36.4 Å². The second kappa shape index (κ2) is 6.52. The normalized spacial score (nSPS) is 16.6. The third-order valence-corrected chi connectivity index (χ3v) is 5.25. The molecule has 0 aliphatic carbocycles. The molecule has 1 saturated heterocycles.